The van der Waals surface area contributed by atoms with Crippen LogP contribution in [-0.2, 0) is 13.0 Å². The predicted molar refractivity (Wildman–Crippen MR) is 79.4 cm³/mol. The van der Waals surface area contributed by atoms with Crippen molar-refractivity contribution in [3.05, 3.63) is 30.0 Å². The van der Waals surface area contributed by atoms with E-state index in [1.54, 1.807) is 0 Å². The van der Waals surface area contributed by atoms with Crippen LogP contribution in [0.4, 0.5) is 0 Å². The van der Waals surface area contributed by atoms with Gasteiger partial charge < -0.3 is 5.32 Å². The van der Waals surface area contributed by atoms with Gasteiger partial charge in [-0.3, -0.25) is 4.68 Å². The SMILES string of the molecule is CCn1nc(CC2CCCCCN2)c2ccccc21. The number of hydrogen-bond acceptors (Lipinski definition) is 2. The number of aryl methyl sites for hydroxylation is 1. The molecule has 2 aromatic rings. The van der Waals surface area contributed by atoms with Crippen molar-refractivity contribution in [2.75, 3.05) is 6.54 Å². The van der Waals surface area contributed by atoms with Gasteiger partial charge in [-0.15, -0.1) is 0 Å². The summed E-state index contributed by atoms with van der Waals surface area (Å²) in [5.74, 6) is 0. The summed E-state index contributed by atoms with van der Waals surface area (Å²) in [5.41, 5.74) is 2.53. The lowest BCUT2D eigenvalue weighted by molar-refractivity contribution is 0.499. The Labute approximate surface area is 115 Å². The fourth-order valence-corrected chi connectivity index (χ4v) is 3.10. The third-order valence-corrected chi connectivity index (χ3v) is 4.14. The highest BCUT2D eigenvalue weighted by Gasteiger charge is 2.16. The van der Waals surface area contributed by atoms with Crippen LogP contribution in [0, 0.1) is 0 Å². The van der Waals surface area contributed by atoms with Gasteiger partial charge >= 0.3 is 0 Å². The van der Waals surface area contributed by atoms with Crippen molar-refractivity contribution in [3.63, 3.8) is 0 Å². The monoisotopic (exact) mass is 257 g/mol. The molecule has 19 heavy (non-hydrogen) atoms. The summed E-state index contributed by atoms with van der Waals surface area (Å²) in [6.07, 6.45) is 6.39. The van der Waals surface area contributed by atoms with Crippen LogP contribution in [-0.4, -0.2) is 22.4 Å². The predicted octanol–water partition coefficient (Wildman–Crippen LogP) is 3.13. The van der Waals surface area contributed by atoms with E-state index in [0.717, 1.165) is 19.5 Å². The molecule has 1 unspecified atom stereocenters. The highest BCUT2D eigenvalue weighted by atomic mass is 15.3. The summed E-state index contributed by atoms with van der Waals surface area (Å²) in [4.78, 5) is 0. The number of rotatable bonds is 3. The average Bonchev–Trinajstić information content (AvgIpc) is 2.62. The first kappa shape index (κ1) is 12.7. The highest BCUT2D eigenvalue weighted by molar-refractivity contribution is 5.82. The maximum atomic E-state index is 4.81. The Morgan fingerprint density at radius 1 is 1.26 bits per heavy atom. The molecule has 0 bridgehead atoms. The summed E-state index contributed by atoms with van der Waals surface area (Å²) in [7, 11) is 0. The summed E-state index contributed by atoms with van der Waals surface area (Å²) in [6, 6.07) is 9.21. The van der Waals surface area contributed by atoms with E-state index in [-0.39, 0.29) is 0 Å². The maximum absolute atomic E-state index is 4.81. The number of nitrogens with one attached hydrogen (secondary N) is 1. The van der Waals surface area contributed by atoms with Crippen molar-refractivity contribution in [3.8, 4) is 0 Å². The molecule has 1 N–H and O–H groups in total. The molecule has 102 valence electrons. The Morgan fingerprint density at radius 3 is 3.05 bits per heavy atom. The molecule has 1 aromatic carbocycles. The van der Waals surface area contributed by atoms with Gasteiger partial charge in [0.05, 0.1) is 11.2 Å². The normalized spacial score (nSPS) is 20.6. The van der Waals surface area contributed by atoms with Crippen molar-refractivity contribution in [1.29, 1.82) is 0 Å². The standard InChI is InChI=1S/C16H23N3/c1-2-19-16-10-6-5-9-14(16)15(18-19)12-13-8-4-3-7-11-17-13/h5-6,9-10,13,17H,2-4,7-8,11-12H2,1H3. The maximum Gasteiger partial charge on any atom is 0.0718 e. The molecule has 1 fully saturated rings. The minimum Gasteiger partial charge on any atom is -0.314 e. The van der Waals surface area contributed by atoms with Gasteiger partial charge in [-0.05, 0) is 32.4 Å². The molecular formula is C16H23N3. The van der Waals surface area contributed by atoms with Crippen LogP contribution >= 0.6 is 0 Å². The van der Waals surface area contributed by atoms with E-state index in [1.165, 1.54) is 42.3 Å². The Morgan fingerprint density at radius 2 is 2.16 bits per heavy atom. The van der Waals surface area contributed by atoms with Gasteiger partial charge in [-0.25, -0.2) is 0 Å². The number of hydrogen-bond donors (Lipinski definition) is 1. The van der Waals surface area contributed by atoms with E-state index in [2.05, 4.69) is 41.2 Å². The van der Waals surface area contributed by atoms with Crippen LogP contribution in [0.5, 0.6) is 0 Å². The van der Waals surface area contributed by atoms with Crippen molar-refractivity contribution >= 4 is 10.9 Å². The van der Waals surface area contributed by atoms with Crippen LogP contribution in [0.15, 0.2) is 24.3 Å². The zero-order valence-electron chi connectivity index (χ0n) is 11.7. The Kier molecular flexibility index (Phi) is 3.83. The second-order valence-corrected chi connectivity index (χ2v) is 5.48. The molecular weight excluding hydrogens is 234 g/mol. The number of aromatic nitrogens is 2. The Bertz CT molecular complexity index is 536. The van der Waals surface area contributed by atoms with E-state index < -0.39 is 0 Å². The van der Waals surface area contributed by atoms with Gasteiger partial charge in [-0.2, -0.15) is 5.10 Å². The van der Waals surface area contributed by atoms with Gasteiger partial charge in [0.2, 0.25) is 0 Å². The number of benzene rings is 1. The molecule has 1 aliphatic rings. The fourth-order valence-electron chi connectivity index (χ4n) is 3.10. The zero-order chi connectivity index (χ0) is 13.1. The van der Waals surface area contributed by atoms with Crippen molar-refractivity contribution in [2.24, 2.45) is 0 Å². The molecule has 0 radical (unpaired) electrons. The third-order valence-electron chi connectivity index (χ3n) is 4.14. The molecule has 0 saturated carbocycles. The number of para-hydroxylation sites is 1. The van der Waals surface area contributed by atoms with E-state index in [0.29, 0.717) is 6.04 Å². The van der Waals surface area contributed by atoms with Crippen LogP contribution in [0.25, 0.3) is 10.9 Å². The molecule has 1 aliphatic heterocycles. The van der Waals surface area contributed by atoms with Crippen molar-refractivity contribution in [2.45, 2.75) is 51.6 Å². The molecule has 3 rings (SSSR count). The summed E-state index contributed by atoms with van der Waals surface area (Å²) < 4.78 is 2.13. The first-order chi connectivity index (χ1) is 9.38. The topological polar surface area (TPSA) is 29.9 Å². The second kappa shape index (κ2) is 5.74. The van der Waals surface area contributed by atoms with Crippen molar-refractivity contribution < 1.29 is 0 Å². The molecule has 1 atom stereocenters. The molecule has 1 aromatic heterocycles. The van der Waals surface area contributed by atoms with Crippen LogP contribution in [0.2, 0.25) is 0 Å². The summed E-state index contributed by atoms with van der Waals surface area (Å²) >= 11 is 0. The largest absolute Gasteiger partial charge is 0.314 e. The van der Waals surface area contributed by atoms with E-state index in [9.17, 15) is 0 Å². The lowest BCUT2D eigenvalue weighted by atomic mass is 10.0. The molecule has 2 heterocycles. The Balaban J connectivity index is 1.87. The van der Waals surface area contributed by atoms with E-state index >= 15 is 0 Å². The lowest BCUT2D eigenvalue weighted by Crippen LogP contribution is -2.30. The van der Waals surface area contributed by atoms with Crippen LogP contribution in [0.3, 0.4) is 0 Å². The van der Waals surface area contributed by atoms with Crippen LogP contribution < -0.4 is 5.32 Å². The highest BCUT2D eigenvalue weighted by Crippen LogP contribution is 2.21. The lowest BCUT2D eigenvalue weighted by Gasteiger charge is -2.14. The smallest absolute Gasteiger partial charge is 0.0718 e. The van der Waals surface area contributed by atoms with Crippen molar-refractivity contribution in [1.82, 2.24) is 15.1 Å². The Hall–Kier alpha value is -1.35. The quantitative estimate of drug-likeness (QED) is 0.915. The van der Waals surface area contributed by atoms with Gasteiger partial charge in [0.15, 0.2) is 0 Å². The molecule has 0 amide bonds. The molecule has 3 nitrogen and oxygen atoms in total. The minimum absolute atomic E-state index is 0.603. The first-order valence-electron chi connectivity index (χ1n) is 7.56. The summed E-state index contributed by atoms with van der Waals surface area (Å²) in [6.45, 7) is 4.27. The fraction of sp³-hybridized carbons (Fsp3) is 0.562. The van der Waals surface area contributed by atoms with Crippen LogP contribution in [0.1, 0.15) is 38.3 Å². The first-order valence-corrected chi connectivity index (χ1v) is 7.56. The average molecular weight is 257 g/mol. The number of nitrogens with zero attached hydrogens (tertiary/aromatic N) is 2. The van der Waals surface area contributed by atoms with Gasteiger partial charge in [0, 0.05) is 24.4 Å². The molecule has 0 aliphatic carbocycles. The minimum atomic E-state index is 0.603. The van der Waals surface area contributed by atoms with Gasteiger partial charge in [0.25, 0.3) is 0 Å². The van der Waals surface area contributed by atoms with Gasteiger partial charge in [-0.1, -0.05) is 31.0 Å². The molecule has 1 saturated heterocycles. The molecule has 0 spiro atoms. The zero-order valence-corrected chi connectivity index (χ0v) is 11.7. The molecule has 3 heteroatoms. The van der Waals surface area contributed by atoms with Gasteiger partial charge in [0.1, 0.15) is 0 Å². The summed E-state index contributed by atoms with van der Waals surface area (Å²) in [5, 5.41) is 9.81. The van der Waals surface area contributed by atoms with E-state index in [4.69, 9.17) is 5.10 Å². The van der Waals surface area contributed by atoms with E-state index in [1.807, 2.05) is 0 Å². The number of fused-ring (bicyclic) bond motifs is 1. The third kappa shape index (κ3) is 2.66. The second-order valence-electron chi connectivity index (χ2n) is 5.48.